The van der Waals surface area contributed by atoms with Crippen LogP contribution in [-0.2, 0) is 4.74 Å². The van der Waals surface area contributed by atoms with Crippen molar-refractivity contribution in [1.82, 2.24) is 0 Å². The van der Waals surface area contributed by atoms with Gasteiger partial charge in [0.1, 0.15) is 17.2 Å². The van der Waals surface area contributed by atoms with E-state index >= 15 is 0 Å². The van der Waals surface area contributed by atoms with Gasteiger partial charge in [-0.15, -0.1) is 0 Å². The maximum absolute atomic E-state index is 11.6. The summed E-state index contributed by atoms with van der Waals surface area (Å²) >= 11 is 0. The van der Waals surface area contributed by atoms with E-state index in [2.05, 4.69) is 9.73 Å². The van der Waals surface area contributed by atoms with Gasteiger partial charge in [-0.2, -0.15) is 0 Å². The van der Waals surface area contributed by atoms with Crippen LogP contribution in [0.4, 0.5) is 5.69 Å². The lowest BCUT2D eigenvalue weighted by Crippen LogP contribution is -2.00. The van der Waals surface area contributed by atoms with E-state index < -0.39 is 5.97 Å². The fourth-order valence-electron chi connectivity index (χ4n) is 2.43. The Morgan fingerprint density at radius 3 is 2.58 bits per heavy atom. The Bertz CT molecular complexity index is 947. The number of aromatic hydroxyl groups is 2. The Morgan fingerprint density at radius 2 is 1.79 bits per heavy atom. The van der Waals surface area contributed by atoms with Crippen molar-refractivity contribution in [3.63, 3.8) is 0 Å². The molecule has 0 saturated heterocycles. The third-order valence-electron chi connectivity index (χ3n) is 3.68. The number of hydrogen-bond donors (Lipinski definition) is 2. The van der Waals surface area contributed by atoms with Crippen LogP contribution in [0.25, 0.3) is 10.8 Å². The first-order valence-electron chi connectivity index (χ1n) is 7.26. The number of fused-ring (bicyclic) bond motifs is 1. The number of phenols is 2. The lowest BCUT2D eigenvalue weighted by molar-refractivity contribution is 0.0601. The monoisotopic (exact) mass is 321 g/mol. The molecule has 5 nitrogen and oxygen atoms in total. The number of ether oxygens (including phenoxy) is 1. The molecule has 24 heavy (non-hydrogen) atoms. The fourth-order valence-corrected chi connectivity index (χ4v) is 2.43. The van der Waals surface area contributed by atoms with Crippen LogP contribution in [-0.4, -0.2) is 29.5 Å². The van der Waals surface area contributed by atoms with Crippen LogP contribution >= 0.6 is 0 Å². The second-order valence-electron chi connectivity index (χ2n) is 5.17. The summed E-state index contributed by atoms with van der Waals surface area (Å²) in [5, 5.41) is 21.8. The number of benzene rings is 3. The molecule has 0 aromatic heterocycles. The van der Waals surface area contributed by atoms with Gasteiger partial charge < -0.3 is 14.9 Å². The highest BCUT2D eigenvalue weighted by molar-refractivity contribution is 6.03. The number of methoxy groups -OCH3 is 1. The maximum atomic E-state index is 11.6. The molecule has 3 aromatic rings. The van der Waals surface area contributed by atoms with Gasteiger partial charge >= 0.3 is 5.97 Å². The number of nitrogens with zero attached hydrogens (tertiary/aromatic N) is 1. The SMILES string of the molecule is COC(=O)c1ccc(O)c(N=Cc2c(O)ccc3ccccc23)c1. The molecule has 3 aromatic carbocycles. The molecule has 0 spiro atoms. The molecule has 0 saturated carbocycles. The molecule has 5 heteroatoms. The second kappa shape index (κ2) is 6.42. The molecule has 3 rings (SSSR count). The Labute approximate surface area is 138 Å². The Balaban J connectivity index is 2.06. The average Bonchev–Trinajstić information content (AvgIpc) is 2.61. The molecule has 0 unspecified atom stereocenters. The van der Waals surface area contributed by atoms with Crippen LogP contribution in [0.5, 0.6) is 11.5 Å². The van der Waals surface area contributed by atoms with E-state index in [9.17, 15) is 15.0 Å². The molecule has 0 aliphatic carbocycles. The number of phenolic OH excluding ortho intramolecular Hbond substituents is 2. The van der Waals surface area contributed by atoms with Crippen LogP contribution in [0, 0.1) is 0 Å². The molecule has 0 atom stereocenters. The summed E-state index contributed by atoms with van der Waals surface area (Å²) in [5.41, 5.74) is 1.03. The predicted octanol–water partition coefficient (Wildman–Crippen LogP) is 3.79. The highest BCUT2D eigenvalue weighted by Crippen LogP contribution is 2.30. The van der Waals surface area contributed by atoms with Crippen molar-refractivity contribution in [2.45, 2.75) is 0 Å². The van der Waals surface area contributed by atoms with E-state index in [1.165, 1.54) is 31.5 Å². The molecule has 0 aliphatic heterocycles. The zero-order valence-electron chi connectivity index (χ0n) is 12.9. The van der Waals surface area contributed by atoms with E-state index in [0.29, 0.717) is 5.56 Å². The van der Waals surface area contributed by atoms with Crippen LogP contribution < -0.4 is 0 Å². The van der Waals surface area contributed by atoms with Crippen LogP contribution in [0.3, 0.4) is 0 Å². The van der Waals surface area contributed by atoms with E-state index in [1.807, 2.05) is 30.3 Å². The van der Waals surface area contributed by atoms with Gasteiger partial charge in [0.15, 0.2) is 0 Å². The largest absolute Gasteiger partial charge is 0.507 e. The van der Waals surface area contributed by atoms with Gasteiger partial charge in [0.2, 0.25) is 0 Å². The number of hydrogen-bond acceptors (Lipinski definition) is 5. The van der Waals surface area contributed by atoms with Gasteiger partial charge in [-0.25, -0.2) is 4.79 Å². The normalized spacial score (nSPS) is 11.0. The maximum Gasteiger partial charge on any atom is 0.337 e. The highest BCUT2D eigenvalue weighted by Gasteiger charge is 2.09. The number of carbonyl (C=O) groups excluding carboxylic acids is 1. The van der Waals surface area contributed by atoms with Crippen molar-refractivity contribution in [2.24, 2.45) is 4.99 Å². The second-order valence-corrected chi connectivity index (χ2v) is 5.17. The minimum Gasteiger partial charge on any atom is -0.507 e. The van der Waals surface area contributed by atoms with Gasteiger partial charge in [-0.05, 0) is 35.0 Å². The molecule has 0 amide bonds. The molecule has 120 valence electrons. The first-order valence-corrected chi connectivity index (χ1v) is 7.26. The highest BCUT2D eigenvalue weighted by atomic mass is 16.5. The quantitative estimate of drug-likeness (QED) is 0.568. The zero-order chi connectivity index (χ0) is 17.1. The lowest BCUT2D eigenvalue weighted by Gasteiger charge is -2.06. The summed E-state index contributed by atoms with van der Waals surface area (Å²) in [7, 11) is 1.28. The first-order chi connectivity index (χ1) is 11.6. The minimum atomic E-state index is -0.514. The summed E-state index contributed by atoms with van der Waals surface area (Å²) in [6, 6.07) is 15.3. The van der Waals surface area contributed by atoms with E-state index in [1.54, 1.807) is 6.07 Å². The Hall–Kier alpha value is -3.34. The third-order valence-corrected chi connectivity index (χ3v) is 3.68. The van der Waals surface area contributed by atoms with E-state index in [4.69, 9.17) is 0 Å². The van der Waals surface area contributed by atoms with Crippen molar-refractivity contribution in [2.75, 3.05) is 7.11 Å². The molecule has 0 bridgehead atoms. The summed E-state index contributed by atoms with van der Waals surface area (Å²) in [6.45, 7) is 0. The van der Waals surface area contributed by atoms with Gasteiger partial charge in [0.25, 0.3) is 0 Å². The Morgan fingerprint density at radius 1 is 1.04 bits per heavy atom. The molecule has 0 aliphatic rings. The first kappa shape index (κ1) is 15.6. The van der Waals surface area contributed by atoms with Crippen molar-refractivity contribution in [3.8, 4) is 11.5 Å². The van der Waals surface area contributed by atoms with Gasteiger partial charge in [-0.3, -0.25) is 4.99 Å². The number of esters is 1. The van der Waals surface area contributed by atoms with Crippen molar-refractivity contribution >= 4 is 28.6 Å². The fraction of sp³-hybridized carbons (Fsp3) is 0.0526. The van der Waals surface area contributed by atoms with E-state index in [-0.39, 0.29) is 22.7 Å². The van der Waals surface area contributed by atoms with Crippen LogP contribution in [0.1, 0.15) is 15.9 Å². The molecule has 2 N–H and O–H groups in total. The number of aliphatic imine (C=N–C) groups is 1. The lowest BCUT2D eigenvalue weighted by atomic mass is 10.0. The van der Waals surface area contributed by atoms with Crippen molar-refractivity contribution in [1.29, 1.82) is 0 Å². The van der Waals surface area contributed by atoms with E-state index in [0.717, 1.165) is 10.8 Å². The molecular weight excluding hydrogens is 306 g/mol. The van der Waals surface area contributed by atoms with Crippen LogP contribution in [0.2, 0.25) is 0 Å². The van der Waals surface area contributed by atoms with Crippen molar-refractivity contribution < 1.29 is 19.7 Å². The third kappa shape index (κ3) is 2.92. The minimum absolute atomic E-state index is 0.0707. The van der Waals surface area contributed by atoms with Gasteiger partial charge in [-0.1, -0.05) is 30.3 Å². The predicted molar refractivity (Wildman–Crippen MR) is 92.3 cm³/mol. The smallest absolute Gasteiger partial charge is 0.337 e. The van der Waals surface area contributed by atoms with Crippen LogP contribution in [0.15, 0.2) is 59.6 Å². The number of rotatable bonds is 3. The Kier molecular flexibility index (Phi) is 4.16. The van der Waals surface area contributed by atoms with Crippen molar-refractivity contribution in [3.05, 3.63) is 65.7 Å². The summed E-state index contributed by atoms with van der Waals surface area (Å²) < 4.78 is 4.66. The molecule has 0 radical (unpaired) electrons. The molecule has 0 heterocycles. The summed E-state index contributed by atoms with van der Waals surface area (Å²) in [6.07, 6.45) is 1.47. The summed E-state index contributed by atoms with van der Waals surface area (Å²) in [5.74, 6) is -0.501. The average molecular weight is 321 g/mol. The topological polar surface area (TPSA) is 79.1 Å². The molecule has 0 fully saturated rings. The zero-order valence-corrected chi connectivity index (χ0v) is 12.9. The number of carbonyl (C=O) groups is 1. The summed E-state index contributed by atoms with van der Waals surface area (Å²) in [4.78, 5) is 15.8. The van der Waals surface area contributed by atoms with Gasteiger partial charge in [0.05, 0.1) is 12.7 Å². The standard InChI is InChI=1S/C19H15NO4/c1-24-19(23)13-7-9-18(22)16(10-13)20-11-15-14-5-3-2-4-12(14)6-8-17(15)21/h2-11,21-22H,1H3. The van der Waals surface area contributed by atoms with Gasteiger partial charge in [0, 0.05) is 11.8 Å². The molecular formula is C19H15NO4.